The van der Waals surface area contributed by atoms with Crippen LogP contribution in [0.2, 0.25) is 0 Å². The van der Waals surface area contributed by atoms with Crippen LogP contribution in [0.15, 0.2) is 29.2 Å². The average molecular weight is 339 g/mol. The first-order chi connectivity index (χ1) is 10.0. The molecule has 0 atom stereocenters. The van der Waals surface area contributed by atoms with E-state index in [-0.39, 0.29) is 0 Å². The van der Waals surface area contributed by atoms with Crippen LogP contribution in [-0.2, 0) is 14.3 Å². The summed E-state index contributed by atoms with van der Waals surface area (Å²) >= 11 is 0. The van der Waals surface area contributed by atoms with Crippen molar-refractivity contribution in [3.63, 3.8) is 0 Å². The summed E-state index contributed by atoms with van der Waals surface area (Å²) in [5.74, 6) is -4.37. The first-order valence-electron chi connectivity index (χ1n) is 5.12. The van der Waals surface area contributed by atoms with Gasteiger partial charge in [-0.2, -0.15) is 8.42 Å². The normalized spacial score (nSPS) is 11.9. The molecule has 0 amide bonds. The molecule has 0 aliphatic heterocycles. The van der Waals surface area contributed by atoms with Gasteiger partial charge in [0.25, 0.3) is 15.8 Å². The number of nitro groups is 3. The molecule has 22 heavy (non-hydrogen) atoms. The SMILES string of the molecule is O=[N+]([O-])c1cccc(S(=O)(=O)OCC(F)([N+](=O)[O-])[N+](=O)[O-])c1. The van der Waals surface area contributed by atoms with Crippen LogP contribution in [0.3, 0.4) is 0 Å². The van der Waals surface area contributed by atoms with E-state index in [0.29, 0.717) is 6.07 Å². The van der Waals surface area contributed by atoms with Crippen LogP contribution in [0.5, 0.6) is 0 Å². The molecule has 12 nitrogen and oxygen atoms in total. The minimum absolute atomic E-state index is 0.549. The van der Waals surface area contributed by atoms with Gasteiger partial charge in [-0.1, -0.05) is 10.5 Å². The van der Waals surface area contributed by atoms with Crippen LogP contribution < -0.4 is 0 Å². The number of non-ortho nitro benzene ring substituents is 1. The van der Waals surface area contributed by atoms with Crippen molar-refractivity contribution < 1.29 is 31.8 Å². The summed E-state index contributed by atoms with van der Waals surface area (Å²) in [6.07, 6.45) is 0. The van der Waals surface area contributed by atoms with Gasteiger partial charge in [0.15, 0.2) is 0 Å². The molecular formula is C8H6FN3O9S. The molecule has 0 radical (unpaired) electrons. The van der Waals surface area contributed by atoms with Gasteiger partial charge in [0.2, 0.25) is 6.61 Å². The first-order valence-corrected chi connectivity index (χ1v) is 6.53. The fourth-order valence-electron chi connectivity index (χ4n) is 1.15. The highest BCUT2D eigenvalue weighted by Crippen LogP contribution is 2.21. The van der Waals surface area contributed by atoms with Gasteiger partial charge in [0.05, 0.1) is 4.92 Å². The summed E-state index contributed by atoms with van der Waals surface area (Å²) in [7, 11) is -4.87. The maximum absolute atomic E-state index is 13.4. The van der Waals surface area contributed by atoms with E-state index in [9.17, 15) is 43.2 Å². The van der Waals surface area contributed by atoms with Crippen LogP contribution >= 0.6 is 0 Å². The Morgan fingerprint density at radius 1 is 1.14 bits per heavy atom. The fraction of sp³-hybridized carbons (Fsp3) is 0.250. The van der Waals surface area contributed by atoms with Crippen molar-refractivity contribution in [1.29, 1.82) is 0 Å². The van der Waals surface area contributed by atoms with E-state index in [1.165, 1.54) is 0 Å². The lowest BCUT2D eigenvalue weighted by molar-refractivity contribution is -0.831. The highest BCUT2D eigenvalue weighted by molar-refractivity contribution is 7.86. The third kappa shape index (κ3) is 3.47. The van der Waals surface area contributed by atoms with Crippen LogP contribution in [0.1, 0.15) is 0 Å². The maximum atomic E-state index is 13.4. The Bertz CT molecular complexity index is 720. The van der Waals surface area contributed by atoms with E-state index >= 15 is 0 Å². The number of nitro benzene ring substituents is 1. The summed E-state index contributed by atoms with van der Waals surface area (Å²) in [6, 6.07) is 3.30. The van der Waals surface area contributed by atoms with E-state index in [1.54, 1.807) is 0 Å². The van der Waals surface area contributed by atoms with Gasteiger partial charge < -0.3 is 0 Å². The van der Waals surface area contributed by atoms with E-state index in [0.717, 1.165) is 18.2 Å². The molecule has 0 aliphatic carbocycles. The summed E-state index contributed by atoms with van der Waals surface area (Å²) in [5, 5.41) is 31.1. The molecule has 1 rings (SSSR count). The number of hydrogen-bond acceptors (Lipinski definition) is 9. The summed E-state index contributed by atoms with van der Waals surface area (Å²) in [4.78, 5) is 25.4. The predicted molar refractivity (Wildman–Crippen MR) is 64.1 cm³/mol. The molecule has 0 heterocycles. The van der Waals surface area contributed by atoms with Crippen molar-refractivity contribution >= 4 is 15.8 Å². The smallest absolute Gasteiger partial charge is 0.258 e. The monoisotopic (exact) mass is 339 g/mol. The van der Waals surface area contributed by atoms with Gasteiger partial charge >= 0.3 is 5.92 Å². The van der Waals surface area contributed by atoms with Crippen molar-refractivity contribution in [3.8, 4) is 0 Å². The Balaban J connectivity index is 3.07. The molecule has 0 spiro atoms. The highest BCUT2D eigenvalue weighted by Gasteiger charge is 2.59. The van der Waals surface area contributed by atoms with Crippen LogP contribution in [0, 0.1) is 30.3 Å². The zero-order chi connectivity index (χ0) is 17.1. The number of nitrogens with zero attached hydrogens (tertiary/aromatic N) is 3. The highest BCUT2D eigenvalue weighted by atomic mass is 32.2. The Morgan fingerprint density at radius 3 is 2.14 bits per heavy atom. The minimum Gasteiger partial charge on any atom is -0.258 e. The lowest BCUT2D eigenvalue weighted by Crippen LogP contribution is -2.46. The molecule has 0 bridgehead atoms. The molecule has 0 saturated heterocycles. The van der Waals surface area contributed by atoms with Crippen molar-refractivity contribution in [2.24, 2.45) is 0 Å². The number of benzene rings is 1. The molecule has 120 valence electrons. The van der Waals surface area contributed by atoms with Crippen LogP contribution in [0.4, 0.5) is 10.1 Å². The zero-order valence-corrected chi connectivity index (χ0v) is 11.1. The lowest BCUT2D eigenvalue weighted by Gasteiger charge is -2.09. The third-order valence-electron chi connectivity index (χ3n) is 2.27. The minimum atomic E-state index is -4.87. The van der Waals surface area contributed by atoms with E-state index in [4.69, 9.17) is 0 Å². The van der Waals surface area contributed by atoms with Gasteiger partial charge in [-0.25, -0.2) is 4.18 Å². The average Bonchev–Trinajstić information content (AvgIpc) is 2.44. The molecule has 0 fully saturated rings. The predicted octanol–water partition coefficient (Wildman–Crippen LogP) is 0.477. The Labute approximate surface area is 120 Å². The Hall–Kier alpha value is -2.74. The molecule has 0 unspecified atom stereocenters. The molecular weight excluding hydrogens is 333 g/mol. The Morgan fingerprint density at radius 2 is 1.68 bits per heavy atom. The molecule has 0 saturated carbocycles. The van der Waals surface area contributed by atoms with E-state index < -0.39 is 48.0 Å². The van der Waals surface area contributed by atoms with Crippen molar-refractivity contribution in [2.45, 2.75) is 10.8 Å². The molecule has 1 aromatic carbocycles. The van der Waals surface area contributed by atoms with Crippen LogP contribution in [-0.4, -0.2) is 35.7 Å². The third-order valence-corrected chi connectivity index (χ3v) is 3.53. The van der Waals surface area contributed by atoms with Gasteiger partial charge in [-0.05, 0) is 6.07 Å². The molecule has 0 N–H and O–H groups in total. The fourth-order valence-corrected chi connectivity index (χ4v) is 2.10. The topological polar surface area (TPSA) is 173 Å². The number of rotatable bonds is 7. The second-order valence-electron chi connectivity index (χ2n) is 3.70. The Kier molecular flexibility index (Phi) is 4.67. The summed E-state index contributed by atoms with van der Waals surface area (Å²) < 4.78 is 40.6. The molecule has 1 aromatic rings. The number of alkyl halides is 1. The molecule has 0 aromatic heterocycles. The van der Waals surface area contributed by atoms with E-state index in [1.807, 2.05) is 0 Å². The maximum Gasteiger partial charge on any atom is 0.639 e. The zero-order valence-electron chi connectivity index (χ0n) is 10.3. The van der Waals surface area contributed by atoms with Crippen LogP contribution in [0.25, 0.3) is 0 Å². The van der Waals surface area contributed by atoms with Gasteiger partial charge in [-0.3, -0.25) is 30.3 Å². The summed E-state index contributed by atoms with van der Waals surface area (Å²) in [6.45, 7) is -2.03. The number of hydrogen-bond donors (Lipinski definition) is 0. The first kappa shape index (κ1) is 17.3. The van der Waals surface area contributed by atoms with Crippen molar-refractivity contribution in [2.75, 3.05) is 6.61 Å². The van der Waals surface area contributed by atoms with Crippen molar-refractivity contribution in [1.82, 2.24) is 0 Å². The molecule has 14 heteroatoms. The van der Waals surface area contributed by atoms with Gasteiger partial charge in [-0.15, -0.1) is 0 Å². The van der Waals surface area contributed by atoms with Gasteiger partial charge in [0, 0.05) is 12.1 Å². The largest absolute Gasteiger partial charge is 0.639 e. The standard InChI is InChI=1S/C8H6FN3O9S/c9-8(11(15)16,12(17)18)5-21-22(19,20)7-3-1-2-6(4-7)10(13)14/h1-4H,5H2. The lowest BCUT2D eigenvalue weighted by atomic mass is 10.3. The van der Waals surface area contributed by atoms with Gasteiger partial charge in [0.1, 0.15) is 14.7 Å². The molecule has 0 aliphatic rings. The number of halogens is 1. The van der Waals surface area contributed by atoms with E-state index in [2.05, 4.69) is 4.18 Å². The quantitative estimate of drug-likeness (QED) is 0.225. The van der Waals surface area contributed by atoms with Crippen molar-refractivity contribution in [3.05, 3.63) is 54.6 Å². The summed E-state index contributed by atoms with van der Waals surface area (Å²) in [5.41, 5.74) is -0.639. The second kappa shape index (κ2) is 5.94. The second-order valence-corrected chi connectivity index (χ2v) is 5.32.